The van der Waals surface area contributed by atoms with Crippen LogP contribution < -0.4 is 0 Å². The van der Waals surface area contributed by atoms with E-state index in [-0.39, 0.29) is 5.92 Å². The lowest BCUT2D eigenvalue weighted by atomic mass is 10.1. The molecule has 0 N–H and O–H groups in total. The molecular formula is C12H17NOS. The lowest BCUT2D eigenvalue weighted by Crippen LogP contribution is -2.38. The molecule has 2 fully saturated rings. The molecule has 1 aliphatic carbocycles. The molecule has 0 spiro atoms. The van der Waals surface area contributed by atoms with Crippen molar-refractivity contribution >= 4 is 17.7 Å². The highest BCUT2D eigenvalue weighted by Gasteiger charge is 2.31. The minimum Gasteiger partial charge on any atom is -0.331 e. The number of hydrogen-bond donors (Lipinski definition) is 0. The molecule has 0 aromatic carbocycles. The van der Waals surface area contributed by atoms with Crippen LogP contribution in [0.15, 0.2) is 0 Å². The van der Waals surface area contributed by atoms with E-state index >= 15 is 0 Å². The first-order valence-electron chi connectivity index (χ1n) is 5.61. The maximum Gasteiger partial charge on any atom is 0.227 e. The first kappa shape index (κ1) is 10.9. The first-order chi connectivity index (χ1) is 7.31. The average Bonchev–Trinajstić information content (AvgIpc) is 2.88. The van der Waals surface area contributed by atoms with E-state index in [1.807, 2.05) is 16.7 Å². The van der Waals surface area contributed by atoms with Crippen LogP contribution in [-0.4, -0.2) is 35.4 Å². The van der Waals surface area contributed by atoms with Gasteiger partial charge in [-0.15, -0.1) is 6.42 Å². The van der Waals surface area contributed by atoms with Crippen LogP contribution in [0.3, 0.4) is 0 Å². The van der Waals surface area contributed by atoms with Gasteiger partial charge in [-0.25, -0.2) is 0 Å². The summed E-state index contributed by atoms with van der Waals surface area (Å²) in [4.78, 5) is 14.0. The Morgan fingerprint density at radius 1 is 1.47 bits per heavy atom. The maximum absolute atomic E-state index is 12.1. The molecule has 1 atom stereocenters. The fourth-order valence-electron chi connectivity index (χ4n) is 1.94. The molecule has 2 aliphatic rings. The predicted molar refractivity (Wildman–Crippen MR) is 63.6 cm³/mol. The van der Waals surface area contributed by atoms with Crippen LogP contribution >= 0.6 is 11.8 Å². The third-order valence-corrected chi connectivity index (χ3v) is 4.21. The van der Waals surface area contributed by atoms with Crippen LogP contribution in [0, 0.1) is 24.2 Å². The third kappa shape index (κ3) is 2.92. The van der Waals surface area contributed by atoms with E-state index in [2.05, 4.69) is 5.92 Å². The summed E-state index contributed by atoms with van der Waals surface area (Å²) in [5.41, 5.74) is 0. The van der Waals surface area contributed by atoms with Crippen LogP contribution in [-0.2, 0) is 4.79 Å². The number of terminal acetylenes is 1. The van der Waals surface area contributed by atoms with Crippen LogP contribution in [0.1, 0.15) is 19.3 Å². The SMILES string of the molecule is C#CCN(CC1CC1)C(=O)C1CCSC1. The molecular weight excluding hydrogens is 206 g/mol. The van der Waals surface area contributed by atoms with Gasteiger partial charge in [0.1, 0.15) is 0 Å². The van der Waals surface area contributed by atoms with Crippen LogP contribution in [0.5, 0.6) is 0 Å². The van der Waals surface area contributed by atoms with Crippen molar-refractivity contribution in [2.24, 2.45) is 11.8 Å². The Morgan fingerprint density at radius 3 is 2.80 bits per heavy atom. The quantitative estimate of drug-likeness (QED) is 0.675. The molecule has 0 radical (unpaired) electrons. The van der Waals surface area contributed by atoms with Gasteiger partial charge in [0.2, 0.25) is 5.91 Å². The molecule has 1 heterocycles. The molecule has 15 heavy (non-hydrogen) atoms. The second kappa shape index (κ2) is 4.94. The van der Waals surface area contributed by atoms with E-state index in [0.717, 1.165) is 30.4 Å². The molecule has 2 nitrogen and oxygen atoms in total. The van der Waals surface area contributed by atoms with Crippen molar-refractivity contribution in [2.75, 3.05) is 24.6 Å². The molecule has 0 aromatic heterocycles. The van der Waals surface area contributed by atoms with Crippen molar-refractivity contribution in [2.45, 2.75) is 19.3 Å². The second-order valence-electron chi connectivity index (χ2n) is 4.43. The third-order valence-electron chi connectivity index (χ3n) is 3.05. The number of nitrogens with zero attached hydrogens (tertiary/aromatic N) is 1. The van der Waals surface area contributed by atoms with Gasteiger partial charge in [-0.05, 0) is 30.9 Å². The van der Waals surface area contributed by atoms with Crippen molar-refractivity contribution in [3.63, 3.8) is 0 Å². The van der Waals surface area contributed by atoms with E-state index < -0.39 is 0 Å². The molecule has 1 unspecified atom stereocenters. The Hall–Kier alpha value is -0.620. The molecule has 1 aliphatic heterocycles. The summed E-state index contributed by atoms with van der Waals surface area (Å²) in [6.07, 6.45) is 8.89. The van der Waals surface area contributed by atoms with Gasteiger partial charge in [-0.3, -0.25) is 4.79 Å². The van der Waals surface area contributed by atoms with E-state index in [0.29, 0.717) is 12.5 Å². The summed E-state index contributed by atoms with van der Waals surface area (Å²) in [5, 5.41) is 0. The van der Waals surface area contributed by atoms with Gasteiger partial charge in [0.05, 0.1) is 6.54 Å². The van der Waals surface area contributed by atoms with Gasteiger partial charge < -0.3 is 4.90 Å². The topological polar surface area (TPSA) is 20.3 Å². The smallest absolute Gasteiger partial charge is 0.227 e. The van der Waals surface area contributed by atoms with Gasteiger partial charge >= 0.3 is 0 Å². The van der Waals surface area contributed by atoms with E-state index in [1.165, 1.54) is 12.8 Å². The summed E-state index contributed by atoms with van der Waals surface area (Å²) in [5.74, 6) is 5.99. The lowest BCUT2D eigenvalue weighted by Gasteiger charge is -2.23. The largest absolute Gasteiger partial charge is 0.331 e. The Bertz CT molecular complexity index is 274. The normalized spacial score (nSPS) is 24.9. The van der Waals surface area contributed by atoms with Crippen molar-refractivity contribution in [1.82, 2.24) is 4.90 Å². The second-order valence-corrected chi connectivity index (χ2v) is 5.58. The fraction of sp³-hybridized carbons (Fsp3) is 0.750. The predicted octanol–water partition coefficient (Wildman–Crippen LogP) is 1.61. The molecule has 0 bridgehead atoms. The van der Waals surface area contributed by atoms with Gasteiger partial charge in [0.15, 0.2) is 0 Å². The summed E-state index contributed by atoms with van der Waals surface area (Å²) in [6, 6.07) is 0. The van der Waals surface area contributed by atoms with E-state index in [4.69, 9.17) is 6.42 Å². The highest BCUT2D eigenvalue weighted by molar-refractivity contribution is 7.99. The Morgan fingerprint density at radius 2 is 2.27 bits per heavy atom. The summed E-state index contributed by atoms with van der Waals surface area (Å²) in [7, 11) is 0. The standard InChI is InChI=1S/C12H17NOS/c1-2-6-13(8-10-3-4-10)12(14)11-5-7-15-9-11/h1,10-11H,3-9H2. The molecule has 82 valence electrons. The molecule has 1 saturated heterocycles. The zero-order valence-corrected chi connectivity index (χ0v) is 9.76. The highest BCUT2D eigenvalue weighted by Crippen LogP contribution is 2.31. The summed E-state index contributed by atoms with van der Waals surface area (Å²) >= 11 is 1.88. The van der Waals surface area contributed by atoms with Gasteiger partial charge in [0.25, 0.3) is 0 Å². The Labute approximate surface area is 95.8 Å². The highest BCUT2D eigenvalue weighted by atomic mass is 32.2. The Balaban J connectivity index is 1.89. The number of carbonyl (C=O) groups is 1. The Kier molecular flexibility index (Phi) is 3.58. The molecule has 1 saturated carbocycles. The zero-order chi connectivity index (χ0) is 10.7. The van der Waals surface area contributed by atoms with E-state index in [9.17, 15) is 4.79 Å². The van der Waals surface area contributed by atoms with Crippen molar-refractivity contribution in [1.29, 1.82) is 0 Å². The van der Waals surface area contributed by atoms with Gasteiger partial charge in [0, 0.05) is 18.2 Å². The van der Waals surface area contributed by atoms with Crippen molar-refractivity contribution in [3.8, 4) is 12.3 Å². The van der Waals surface area contributed by atoms with Crippen LogP contribution in [0.4, 0.5) is 0 Å². The number of carbonyl (C=O) groups excluding carboxylic acids is 1. The monoisotopic (exact) mass is 223 g/mol. The van der Waals surface area contributed by atoms with E-state index in [1.54, 1.807) is 0 Å². The molecule has 3 heteroatoms. The first-order valence-corrected chi connectivity index (χ1v) is 6.76. The molecule has 2 rings (SSSR count). The number of thioether (sulfide) groups is 1. The number of amides is 1. The average molecular weight is 223 g/mol. The van der Waals surface area contributed by atoms with Crippen molar-refractivity contribution in [3.05, 3.63) is 0 Å². The maximum atomic E-state index is 12.1. The zero-order valence-electron chi connectivity index (χ0n) is 8.95. The van der Waals surface area contributed by atoms with Gasteiger partial charge in [-0.2, -0.15) is 11.8 Å². The minimum atomic E-state index is 0.238. The molecule has 1 amide bonds. The minimum absolute atomic E-state index is 0.238. The van der Waals surface area contributed by atoms with Crippen LogP contribution in [0.25, 0.3) is 0 Å². The van der Waals surface area contributed by atoms with Gasteiger partial charge in [-0.1, -0.05) is 5.92 Å². The number of rotatable bonds is 4. The lowest BCUT2D eigenvalue weighted by molar-refractivity contribution is -0.134. The van der Waals surface area contributed by atoms with Crippen molar-refractivity contribution < 1.29 is 4.79 Å². The summed E-state index contributed by atoms with van der Waals surface area (Å²) < 4.78 is 0. The number of hydrogen-bond acceptors (Lipinski definition) is 2. The summed E-state index contributed by atoms with van der Waals surface area (Å²) in [6.45, 7) is 1.39. The van der Waals surface area contributed by atoms with Crippen LogP contribution in [0.2, 0.25) is 0 Å². The molecule has 0 aromatic rings. The fourth-order valence-corrected chi connectivity index (χ4v) is 3.15.